The van der Waals surface area contributed by atoms with Gasteiger partial charge in [-0.2, -0.15) is 0 Å². The van der Waals surface area contributed by atoms with Crippen molar-refractivity contribution in [3.8, 4) is 11.8 Å². The summed E-state index contributed by atoms with van der Waals surface area (Å²) in [6.07, 6.45) is 0. The molecule has 0 bridgehead atoms. The van der Waals surface area contributed by atoms with Crippen molar-refractivity contribution in [2.75, 3.05) is 11.5 Å². The van der Waals surface area contributed by atoms with Gasteiger partial charge in [-0.1, -0.05) is 17.7 Å². The molecule has 0 aliphatic rings. The van der Waals surface area contributed by atoms with E-state index in [1.807, 2.05) is 13.0 Å². The highest BCUT2D eigenvalue weighted by atomic mass is 32.2. The Morgan fingerprint density at radius 2 is 2.33 bits per heavy atom. The minimum Gasteiger partial charge on any atom is -0.384 e. The molecule has 0 aliphatic carbocycles. The summed E-state index contributed by atoms with van der Waals surface area (Å²) < 4.78 is 0. The first-order chi connectivity index (χ1) is 7.08. The summed E-state index contributed by atoms with van der Waals surface area (Å²) in [7, 11) is 0. The fraction of sp³-hybridized carbons (Fsp3) is 0.273. The standard InChI is InChI=1S/C11H12N2OS/c1-8-6-10(13-11(12)7-8)4-3-5-15-9(2)14/h6-7H,5H2,1-2H3,(H2,12,13). The zero-order chi connectivity index (χ0) is 11.3. The second kappa shape index (κ2) is 5.42. The summed E-state index contributed by atoms with van der Waals surface area (Å²) >= 11 is 1.19. The Morgan fingerprint density at radius 1 is 1.60 bits per heavy atom. The Labute approximate surface area is 93.5 Å². The Bertz CT molecular complexity index is 412. The van der Waals surface area contributed by atoms with Gasteiger partial charge in [-0.3, -0.25) is 4.79 Å². The third-order valence-corrected chi connectivity index (χ3v) is 2.25. The maximum Gasteiger partial charge on any atom is 0.186 e. The Hall–Kier alpha value is -1.47. The number of hydrogen-bond acceptors (Lipinski definition) is 4. The molecule has 0 spiro atoms. The molecule has 0 fully saturated rings. The molecule has 1 aromatic rings. The summed E-state index contributed by atoms with van der Waals surface area (Å²) in [6.45, 7) is 3.46. The van der Waals surface area contributed by atoms with Crippen molar-refractivity contribution in [3.05, 3.63) is 23.4 Å². The molecule has 0 radical (unpaired) electrons. The van der Waals surface area contributed by atoms with Crippen LogP contribution in [0.5, 0.6) is 0 Å². The van der Waals surface area contributed by atoms with E-state index in [4.69, 9.17) is 5.73 Å². The van der Waals surface area contributed by atoms with E-state index < -0.39 is 0 Å². The lowest BCUT2D eigenvalue weighted by Gasteiger charge is -1.96. The maximum atomic E-state index is 10.6. The van der Waals surface area contributed by atoms with Crippen LogP contribution >= 0.6 is 11.8 Å². The van der Waals surface area contributed by atoms with E-state index in [0.717, 1.165) is 5.56 Å². The van der Waals surface area contributed by atoms with Crippen LogP contribution in [0.1, 0.15) is 18.2 Å². The molecule has 2 N–H and O–H groups in total. The number of hydrogen-bond donors (Lipinski definition) is 1. The molecule has 1 aromatic heterocycles. The van der Waals surface area contributed by atoms with Gasteiger partial charge >= 0.3 is 0 Å². The molecular formula is C11H12N2OS. The first kappa shape index (κ1) is 11.6. The van der Waals surface area contributed by atoms with Gasteiger partial charge in [-0.25, -0.2) is 4.98 Å². The van der Waals surface area contributed by atoms with Crippen LogP contribution in [0.4, 0.5) is 5.82 Å². The van der Waals surface area contributed by atoms with E-state index in [-0.39, 0.29) is 5.12 Å². The summed E-state index contributed by atoms with van der Waals surface area (Å²) in [6, 6.07) is 3.65. The smallest absolute Gasteiger partial charge is 0.186 e. The molecule has 1 heterocycles. The van der Waals surface area contributed by atoms with Crippen LogP contribution in [0.2, 0.25) is 0 Å². The lowest BCUT2D eigenvalue weighted by Crippen LogP contribution is -1.93. The van der Waals surface area contributed by atoms with E-state index in [1.165, 1.54) is 18.7 Å². The summed E-state index contributed by atoms with van der Waals surface area (Å²) in [5.74, 6) is 6.69. The number of pyridine rings is 1. The number of thioether (sulfide) groups is 1. The first-order valence-electron chi connectivity index (χ1n) is 4.44. The Kier molecular flexibility index (Phi) is 4.19. The van der Waals surface area contributed by atoms with Crippen LogP contribution in [0, 0.1) is 18.8 Å². The molecule has 0 saturated heterocycles. The van der Waals surface area contributed by atoms with Crippen molar-refractivity contribution in [2.45, 2.75) is 13.8 Å². The zero-order valence-corrected chi connectivity index (χ0v) is 9.52. The SMILES string of the molecule is CC(=O)SCC#Cc1cc(C)cc(N)n1. The van der Waals surface area contributed by atoms with Gasteiger partial charge < -0.3 is 5.73 Å². The van der Waals surface area contributed by atoms with Crippen molar-refractivity contribution in [1.82, 2.24) is 4.98 Å². The van der Waals surface area contributed by atoms with Crippen LogP contribution in [0.3, 0.4) is 0 Å². The van der Waals surface area contributed by atoms with Crippen molar-refractivity contribution in [2.24, 2.45) is 0 Å². The molecule has 0 aliphatic heterocycles. The quantitative estimate of drug-likeness (QED) is 0.730. The number of nitrogens with zero attached hydrogens (tertiary/aromatic N) is 1. The van der Waals surface area contributed by atoms with Crippen LogP contribution in [-0.2, 0) is 4.79 Å². The molecule has 4 heteroatoms. The minimum absolute atomic E-state index is 0.0704. The van der Waals surface area contributed by atoms with Crippen molar-refractivity contribution in [3.63, 3.8) is 0 Å². The Balaban J connectivity index is 2.67. The highest BCUT2D eigenvalue weighted by Crippen LogP contribution is 2.05. The number of nitrogen functional groups attached to an aromatic ring is 1. The minimum atomic E-state index is 0.0704. The molecule has 0 atom stereocenters. The van der Waals surface area contributed by atoms with Crippen LogP contribution in [0.15, 0.2) is 12.1 Å². The van der Waals surface area contributed by atoms with Gasteiger partial charge in [0.1, 0.15) is 11.5 Å². The number of nitrogens with two attached hydrogens (primary N) is 1. The fourth-order valence-electron chi connectivity index (χ4n) is 1.02. The normalized spacial score (nSPS) is 9.20. The van der Waals surface area contributed by atoms with Crippen molar-refractivity contribution < 1.29 is 4.79 Å². The highest BCUT2D eigenvalue weighted by Gasteiger charge is 1.94. The first-order valence-corrected chi connectivity index (χ1v) is 5.43. The number of rotatable bonds is 1. The van der Waals surface area contributed by atoms with Crippen molar-refractivity contribution in [1.29, 1.82) is 0 Å². The van der Waals surface area contributed by atoms with Gasteiger partial charge in [0.2, 0.25) is 0 Å². The lowest BCUT2D eigenvalue weighted by atomic mass is 10.2. The number of carbonyl (C=O) groups is 1. The topological polar surface area (TPSA) is 56.0 Å². The van der Waals surface area contributed by atoms with Gasteiger partial charge in [-0.15, -0.1) is 0 Å². The van der Waals surface area contributed by atoms with Crippen LogP contribution in [0.25, 0.3) is 0 Å². The molecule has 0 amide bonds. The molecule has 78 valence electrons. The predicted molar refractivity (Wildman–Crippen MR) is 63.4 cm³/mol. The summed E-state index contributed by atoms with van der Waals surface area (Å²) in [5.41, 5.74) is 7.26. The average Bonchev–Trinajstić information content (AvgIpc) is 2.10. The molecule has 15 heavy (non-hydrogen) atoms. The van der Waals surface area contributed by atoms with E-state index in [9.17, 15) is 4.79 Å². The third kappa shape index (κ3) is 4.52. The molecule has 1 rings (SSSR count). The molecule has 0 unspecified atom stereocenters. The van der Waals surface area contributed by atoms with E-state index >= 15 is 0 Å². The molecular weight excluding hydrogens is 208 g/mol. The number of carbonyl (C=O) groups excluding carboxylic acids is 1. The zero-order valence-electron chi connectivity index (χ0n) is 8.70. The third-order valence-electron chi connectivity index (χ3n) is 1.55. The fourth-order valence-corrected chi connectivity index (χ4v) is 1.37. The van der Waals surface area contributed by atoms with E-state index in [1.54, 1.807) is 6.07 Å². The monoisotopic (exact) mass is 220 g/mol. The van der Waals surface area contributed by atoms with Gasteiger partial charge in [-0.05, 0) is 30.5 Å². The van der Waals surface area contributed by atoms with Crippen LogP contribution < -0.4 is 5.73 Å². The molecule has 0 saturated carbocycles. The number of aryl methyl sites for hydroxylation is 1. The Morgan fingerprint density at radius 3 is 2.93 bits per heavy atom. The summed E-state index contributed by atoms with van der Waals surface area (Å²) in [5, 5.41) is 0.0704. The second-order valence-electron chi connectivity index (χ2n) is 3.04. The van der Waals surface area contributed by atoms with E-state index in [0.29, 0.717) is 17.3 Å². The van der Waals surface area contributed by atoms with E-state index in [2.05, 4.69) is 16.8 Å². The predicted octanol–water partition coefficient (Wildman–Crippen LogP) is 1.60. The lowest BCUT2D eigenvalue weighted by molar-refractivity contribution is -0.109. The van der Waals surface area contributed by atoms with Gasteiger partial charge in [0.05, 0.1) is 5.75 Å². The molecule has 3 nitrogen and oxygen atoms in total. The van der Waals surface area contributed by atoms with Gasteiger partial charge in [0.25, 0.3) is 0 Å². The molecule has 0 aromatic carbocycles. The average molecular weight is 220 g/mol. The van der Waals surface area contributed by atoms with Gasteiger partial charge in [0.15, 0.2) is 5.12 Å². The summed E-state index contributed by atoms with van der Waals surface area (Å²) in [4.78, 5) is 14.7. The van der Waals surface area contributed by atoms with Crippen LogP contribution in [-0.4, -0.2) is 15.9 Å². The number of anilines is 1. The number of aromatic nitrogens is 1. The van der Waals surface area contributed by atoms with Gasteiger partial charge in [0, 0.05) is 6.92 Å². The second-order valence-corrected chi connectivity index (χ2v) is 4.19. The highest BCUT2D eigenvalue weighted by molar-refractivity contribution is 8.13. The largest absolute Gasteiger partial charge is 0.384 e. The van der Waals surface area contributed by atoms with Crippen molar-refractivity contribution >= 4 is 22.7 Å². The maximum absolute atomic E-state index is 10.6.